The molecular formula is C12H11N3O4. The highest BCUT2D eigenvalue weighted by Crippen LogP contribution is 2.18. The smallest absolute Gasteiger partial charge is 0.361 e. The van der Waals surface area contributed by atoms with Gasteiger partial charge in [-0.25, -0.2) is 9.69 Å². The average Bonchev–Trinajstić information content (AvgIpc) is 2.39. The highest BCUT2D eigenvalue weighted by molar-refractivity contribution is 5.86. The van der Waals surface area contributed by atoms with E-state index >= 15 is 0 Å². The molecule has 7 heteroatoms. The van der Waals surface area contributed by atoms with Crippen LogP contribution in [0.4, 0.5) is 0 Å². The number of nitrogens with one attached hydrogen (secondary N) is 1. The monoisotopic (exact) mass is 261 g/mol. The van der Waals surface area contributed by atoms with Crippen LogP contribution in [-0.2, 0) is 11.3 Å². The Hall–Kier alpha value is -2.83. The van der Waals surface area contributed by atoms with E-state index in [1.54, 1.807) is 0 Å². The summed E-state index contributed by atoms with van der Waals surface area (Å²) in [6.07, 6.45) is 2.80. The van der Waals surface area contributed by atoms with Gasteiger partial charge in [-0.2, -0.15) is 0 Å². The highest BCUT2D eigenvalue weighted by Gasteiger charge is 2.31. The molecule has 1 heterocycles. The predicted molar refractivity (Wildman–Crippen MR) is 65.9 cm³/mol. The molecule has 19 heavy (non-hydrogen) atoms. The van der Waals surface area contributed by atoms with Crippen molar-refractivity contribution < 1.29 is 14.8 Å². The first-order valence-electron chi connectivity index (χ1n) is 5.45. The third kappa shape index (κ3) is 2.71. The Labute approximate surface area is 108 Å². The number of hydrogen-bond donors (Lipinski definition) is 2. The topological polar surface area (TPSA) is 95.7 Å². The Morgan fingerprint density at radius 2 is 2.05 bits per heavy atom. The van der Waals surface area contributed by atoms with Crippen LogP contribution >= 0.6 is 0 Å². The second-order valence-electron chi connectivity index (χ2n) is 3.83. The van der Waals surface area contributed by atoms with Crippen LogP contribution in [0.5, 0.6) is 0 Å². The second-order valence-corrected chi connectivity index (χ2v) is 3.83. The van der Waals surface area contributed by atoms with E-state index in [1.165, 1.54) is 17.3 Å². The molecule has 7 nitrogen and oxygen atoms in total. The zero-order chi connectivity index (χ0) is 13.8. The molecule has 0 fully saturated rings. The van der Waals surface area contributed by atoms with Gasteiger partial charge < -0.3 is 20.5 Å². The fourth-order valence-corrected chi connectivity index (χ4v) is 1.75. The van der Waals surface area contributed by atoms with Crippen LogP contribution in [0, 0.1) is 10.1 Å². The maximum Gasteiger partial charge on any atom is 0.361 e. The van der Waals surface area contributed by atoms with Crippen molar-refractivity contribution in [2.45, 2.75) is 6.54 Å². The van der Waals surface area contributed by atoms with E-state index in [9.17, 15) is 14.9 Å². The number of nitrogens with zero attached hydrogens (tertiary/aromatic N) is 2. The van der Waals surface area contributed by atoms with Crippen LogP contribution in [0.1, 0.15) is 5.56 Å². The molecule has 0 radical (unpaired) electrons. The SMILES string of the molecule is O=C(O)C1=C([N+](=O)[O-])N(Cc2ccccc2)C=CN1. The number of carboxylic acid groups (broad SMARTS) is 1. The molecule has 1 aliphatic heterocycles. The van der Waals surface area contributed by atoms with Crippen molar-refractivity contribution in [3.05, 3.63) is 69.9 Å². The average molecular weight is 261 g/mol. The van der Waals surface area contributed by atoms with Gasteiger partial charge in [-0.3, -0.25) is 0 Å². The van der Waals surface area contributed by atoms with Crippen LogP contribution in [0.25, 0.3) is 0 Å². The summed E-state index contributed by atoms with van der Waals surface area (Å²) in [6.45, 7) is 0.228. The van der Waals surface area contributed by atoms with E-state index in [-0.39, 0.29) is 6.54 Å². The van der Waals surface area contributed by atoms with Crippen molar-refractivity contribution in [3.8, 4) is 0 Å². The number of benzene rings is 1. The summed E-state index contributed by atoms with van der Waals surface area (Å²) in [7, 11) is 0. The molecule has 1 aromatic rings. The lowest BCUT2D eigenvalue weighted by atomic mass is 10.2. The molecule has 0 bridgehead atoms. The first-order chi connectivity index (χ1) is 9.09. The lowest BCUT2D eigenvalue weighted by Crippen LogP contribution is -2.33. The van der Waals surface area contributed by atoms with Gasteiger partial charge in [0.2, 0.25) is 5.70 Å². The van der Waals surface area contributed by atoms with Crippen molar-refractivity contribution in [2.75, 3.05) is 0 Å². The number of carbonyl (C=O) groups is 1. The Balaban J connectivity index is 2.33. The predicted octanol–water partition coefficient (Wildman–Crippen LogP) is 1.09. The summed E-state index contributed by atoms with van der Waals surface area (Å²) in [4.78, 5) is 22.6. The molecule has 1 aliphatic rings. The Morgan fingerprint density at radius 3 is 2.63 bits per heavy atom. The number of aliphatic carboxylic acids is 1. The van der Waals surface area contributed by atoms with Gasteiger partial charge in [-0.05, 0) is 10.5 Å². The summed E-state index contributed by atoms with van der Waals surface area (Å²) in [5.41, 5.74) is 0.404. The molecule has 0 aliphatic carbocycles. The lowest BCUT2D eigenvalue weighted by molar-refractivity contribution is -0.446. The number of hydrogen-bond acceptors (Lipinski definition) is 5. The Kier molecular flexibility index (Phi) is 3.46. The highest BCUT2D eigenvalue weighted by atomic mass is 16.6. The van der Waals surface area contributed by atoms with Crippen LogP contribution in [-0.4, -0.2) is 20.9 Å². The molecule has 0 atom stereocenters. The van der Waals surface area contributed by atoms with Crippen LogP contribution in [0.3, 0.4) is 0 Å². The molecule has 0 amide bonds. The van der Waals surface area contributed by atoms with Gasteiger partial charge in [0.1, 0.15) is 12.7 Å². The Bertz CT molecular complexity index is 566. The molecule has 0 saturated carbocycles. The minimum atomic E-state index is -1.37. The van der Waals surface area contributed by atoms with E-state index in [0.29, 0.717) is 0 Å². The summed E-state index contributed by atoms with van der Waals surface area (Å²) in [5, 5.41) is 22.4. The van der Waals surface area contributed by atoms with E-state index in [4.69, 9.17) is 5.11 Å². The van der Waals surface area contributed by atoms with Crippen LogP contribution in [0.15, 0.2) is 54.2 Å². The zero-order valence-corrected chi connectivity index (χ0v) is 9.81. The maximum atomic E-state index is 11.0. The van der Waals surface area contributed by atoms with E-state index in [1.807, 2.05) is 30.3 Å². The van der Waals surface area contributed by atoms with Crippen molar-refractivity contribution in [2.24, 2.45) is 0 Å². The molecule has 0 saturated heterocycles. The standard InChI is InChI=1S/C12H11N3O4/c16-12(17)10-11(15(18)19)14(7-6-13-10)8-9-4-2-1-3-5-9/h1-7,13H,8H2,(H,16,17). The molecule has 2 rings (SSSR count). The van der Waals surface area contributed by atoms with Gasteiger partial charge in [-0.1, -0.05) is 30.3 Å². The van der Waals surface area contributed by atoms with Gasteiger partial charge in [0, 0.05) is 6.20 Å². The quantitative estimate of drug-likeness (QED) is 0.622. The number of nitro groups is 1. The minimum Gasteiger partial charge on any atom is -0.476 e. The molecule has 1 aromatic carbocycles. The molecular weight excluding hydrogens is 250 g/mol. The van der Waals surface area contributed by atoms with Crippen LogP contribution < -0.4 is 5.32 Å². The van der Waals surface area contributed by atoms with Crippen molar-refractivity contribution in [3.63, 3.8) is 0 Å². The summed E-state index contributed by atoms with van der Waals surface area (Å²) < 4.78 is 0. The third-order valence-electron chi connectivity index (χ3n) is 2.56. The fraction of sp³-hybridized carbons (Fsp3) is 0.0833. The molecule has 0 spiro atoms. The van der Waals surface area contributed by atoms with Gasteiger partial charge in [0.25, 0.3) is 0 Å². The van der Waals surface area contributed by atoms with Gasteiger partial charge in [0.05, 0.1) is 0 Å². The largest absolute Gasteiger partial charge is 0.476 e. The molecule has 2 N–H and O–H groups in total. The minimum absolute atomic E-state index is 0.228. The number of carboxylic acids is 1. The van der Waals surface area contributed by atoms with Crippen molar-refractivity contribution in [1.82, 2.24) is 10.2 Å². The van der Waals surface area contributed by atoms with E-state index < -0.39 is 22.4 Å². The first kappa shape index (κ1) is 12.6. The van der Waals surface area contributed by atoms with Gasteiger partial charge in [-0.15, -0.1) is 0 Å². The first-order valence-corrected chi connectivity index (χ1v) is 5.45. The van der Waals surface area contributed by atoms with Crippen LogP contribution in [0.2, 0.25) is 0 Å². The van der Waals surface area contributed by atoms with Gasteiger partial charge in [0.15, 0.2) is 0 Å². The summed E-state index contributed by atoms with van der Waals surface area (Å²) >= 11 is 0. The molecule has 0 unspecified atom stereocenters. The lowest BCUT2D eigenvalue weighted by Gasteiger charge is -2.20. The zero-order valence-electron chi connectivity index (χ0n) is 9.81. The van der Waals surface area contributed by atoms with E-state index in [2.05, 4.69) is 5.32 Å². The van der Waals surface area contributed by atoms with Crippen molar-refractivity contribution >= 4 is 5.97 Å². The second kappa shape index (κ2) is 5.21. The summed E-state index contributed by atoms with van der Waals surface area (Å²) in [6, 6.07) is 9.09. The fourth-order valence-electron chi connectivity index (χ4n) is 1.75. The normalized spacial score (nSPS) is 14.2. The molecule has 98 valence electrons. The molecule has 0 aromatic heterocycles. The number of rotatable bonds is 4. The van der Waals surface area contributed by atoms with Crippen molar-refractivity contribution in [1.29, 1.82) is 0 Å². The van der Waals surface area contributed by atoms with E-state index in [0.717, 1.165) is 5.56 Å². The van der Waals surface area contributed by atoms with Gasteiger partial charge >= 0.3 is 11.8 Å². The third-order valence-corrected chi connectivity index (χ3v) is 2.56. The Morgan fingerprint density at radius 1 is 1.37 bits per heavy atom. The maximum absolute atomic E-state index is 11.0. The summed E-state index contributed by atoms with van der Waals surface area (Å²) in [5.74, 6) is -1.84.